The van der Waals surface area contributed by atoms with E-state index >= 15 is 0 Å². The third-order valence-electron chi connectivity index (χ3n) is 3.64. The molecule has 22 heavy (non-hydrogen) atoms. The van der Waals surface area contributed by atoms with Crippen LogP contribution in [0.1, 0.15) is 22.5 Å². The van der Waals surface area contributed by atoms with Gasteiger partial charge in [-0.25, -0.2) is 14.6 Å². The first-order chi connectivity index (χ1) is 10.5. The molecule has 2 aromatic heterocycles. The van der Waals surface area contributed by atoms with E-state index in [-0.39, 0.29) is 0 Å². The minimum atomic E-state index is 0.587. The molecule has 1 N–H and O–H groups in total. The molecular weight excluding hydrogens is 274 g/mol. The summed E-state index contributed by atoms with van der Waals surface area (Å²) >= 11 is 0. The second-order valence-electron chi connectivity index (χ2n) is 5.49. The number of hydrogen-bond acceptors (Lipinski definition) is 4. The molecule has 3 rings (SSSR count). The molecular formula is C17H19N5. The average Bonchev–Trinajstić information content (AvgIpc) is 2.83. The van der Waals surface area contributed by atoms with E-state index in [0.29, 0.717) is 5.95 Å². The molecule has 0 aliphatic rings. The summed E-state index contributed by atoms with van der Waals surface area (Å²) < 4.78 is 1.94. The van der Waals surface area contributed by atoms with Crippen molar-refractivity contribution in [1.82, 2.24) is 19.7 Å². The molecule has 0 unspecified atom stereocenters. The zero-order chi connectivity index (χ0) is 15.7. The normalized spacial score (nSPS) is 10.7. The molecule has 5 heteroatoms. The third-order valence-corrected chi connectivity index (χ3v) is 3.64. The topological polar surface area (TPSA) is 55.6 Å². The maximum absolute atomic E-state index is 4.51. The predicted molar refractivity (Wildman–Crippen MR) is 87.8 cm³/mol. The van der Waals surface area contributed by atoms with Gasteiger partial charge in [0.15, 0.2) is 0 Å². The van der Waals surface area contributed by atoms with Crippen LogP contribution in [-0.2, 0) is 0 Å². The van der Waals surface area contributed by atoms with E-state index in [1.54, 1.807) is 6.20 Å². The number of anilines is 2. The third kappa shape index (κ3) is 2.70. The highest BCUT2D eigenvalue weighted by molar-refractivity contribution is 5.57. The van der Waals surface area contributed by atoms with Crippen molar-refractivity contribution in [2.45, 2.75) is 27.7 Å². The Labute approximate surface area is 130 Å². The number of nitrogens with zero attached hydrogens (tertiary/aromatic N) is 4. The zero-order valence-corrected chi connectivity index (χ0v) is 13.3. The van der Waals surface area contributed by atoms with E-state index in [0.717, 1.165) is 22.8 Å². The average molecular weight is 293 g/mol. The Hall–Kier alpha value is -2.69. The van der Waals surface area contributed by atoms with Crippen molar-refractivity contribution in [1.29, 1.82) is 0 Å². The van der Waals surface area contributed by atoms with Crippen LogP contribution in [0.15, 0.2) is 36.7 Å². The van der Waals surface area contributed by atoms with Gasteiger partial charge in [0, 0.05) is 11.9 Å². The Morgan fingerprint density at radius 2 is 1.86 bits per heavy atom. The van der Waals surface area contributed by atoms with Crippen molar-refractivity contribution in [2.24, 2.45) is 0 Å². The molecule has 0 aliphatic carbocycles. The van der Waals surface area contributed by atoms with Crippen molar-refractivity contribution < 1.29 is 0 Å². The summed E-state index contributed by atoms with van der Waals surface area (Å²) in [6.45, 7) is 8.15. The molecule has 0 bridgehead atoms. The largest absolute Gasteiger partial charge is 0.321 e. The van der Waals surface area contributed by atoms with Crippen LogP contribution in [0.2, 0.25) is 0 Å². The quantitative estimate of drug-likeness (QED) is 0.801. The fourth-order valence-electron chi connectivity index (χ4n) is 2.35. The van der Waals surface area contributed by atoms with Crippen LogP contribution in [0.3, 0.4) is 0 Å². The Bertz CT molecular complexity index is 820. The molecule has 3 aromatic rings. The Kier molecular flexibility index (Phi) is 3.63. The SMILES string of the molecule is Cc1ccc(C)c(-n2ncc(Nc3nccc(C)n3)c2C)c1. The number of hydrogen-bond donors (Lipinski definition) is 1. The fraction of sp³-hybridized carbons (Fsp3) is 0.235. The van der Waals surface area contributed by atoms with Crippen LogP contribution in [0.4, 0.5) is 11.6 Å². The number of aryl methyl sites for hydroxylation is 3. The Morgan fingerprint density at radius 3 is 2.64 bits per heavy atom. The monoisotopic (exact) mass is 293 g/mol. The second-order valence-corrected chi connectivity index (χ2v) is 5.49. The first-order valence-corrected chi connectivity index (χ1v) is 7.23. The Morgan fingerprint density at radius 1 is 1.05 bits per heavy atom. The standard InChI is InChI=1S/C17H19N5/c1-11-5-6-12(2)16(9-11)22-14(4)15(10-19-22)21-17-18-8-7-13(3)20-17/h5-10H,1-4H3,(H,18,20,21). The minimum Gasteiger partial charge on any atom is -0.321 e. The molecule has 0 fully saturated rings. The van der Waals surface area contributed by atoms with Gasteiger partial charge in [-0.15, -0.1) is 0 Å². The first-order valence-electron chi connectivity index (χ1n) is 7.23. The van der Waals surface area contributed by atoms with Crippen LogP contribution in [0.25, 0.3) is 5.69 Å². The molecule has 0 saturated carbocycles. The molecule has 0 aliphatic heterocycles. The van der Waals surface area contributed by atoms with Gasteiger partial charge in [-0.2, -0.15) is 5.10 Å². The van der Waals surface area contributed by atoms with E-state index in [2.05, 4.69) is 52.4 Å². The Balaban J connectivity index is 1.97. The number of nitrogens with one attached hydrogen (secondary N) is 1. The van der Waals surface area contributed by atoms with Crippen molar-refractivity contribution >= 4 is 11.6 Å². The second kappa shape index (κ2) is 5.60. The summed E-state index contributed by atoms with van der Waals surface area (Å²) in [5, 5.41) is 7.74. The summed E-state index contributed by atoms with van der Waals surface area (Å²) in [5.41, 5.74) is 6.36. The molecule has 0 saturated heterocycles. The van der Waals surface area contributed by atoms with E-state index in [9.17, 15) is 0 Å². The summed E-state index contributed by atoms with van der Waals surface area (Å²) in [4.78, 5) is 8.59. The molecule has 112 valence electrons. The number of benzene rings is 1. The van der Waals surface area contributed by atoms with E-state index in [1.165, 1.54) is 11.1 Å². The smallest absolute Gasteiger partial charge is 0.227 e. The van der Waals surface area contributed by atoms with Crippen LogP contribution in [0.5, 0.6) is 0 Å². The van der Waals surface area contributed by atoms with E-state index < -0.39 is 0 Å². The van der Waals surface area contributed by atoms with Gasteiger partial charge >= 0.3 is 0 Å². The van der Waals surface area contributed by atoms with Gasteiger partial charge in [-0.1, -0.05) is 12.1 Å². The van der Waals surface area contributed by atoms with Gasteiger partial charge in [0.2, 0.25) is 5.95 Å². The van der Waals surface area contributed by atoms with Crippen molar-refractivity contribution in [3.05, 3.63) is 59.2 Å². The highest BCUT2D eigenvalue weighted by Crippen LogP contribution is 2.23. The number of aromatic nitrogens is 4. The highest BCUT2D eigenvalue weighted by atomic mass is 15.3. The van der Waals surface area contributed by atoms with Crippen molar-refractivity contribution in [3.63, 3.8) is 0 Å². The van der Waals surface area contributed by atoms with Crippen molar-refractivity contribution in [2.75, 3.05) is 5.32 Å². The van der Waals surface area contributed by atoms with E-state index in [1.807, 2.05) is 30.8 Å². The molecule has 5 nitrogen and oxygen atoms in total. The molecule has 0 spiro atoms. The summed E-state index contributed by atoms with van der Waals surface area (Å²) in [6.07, 6.45) is 3.55. The van der Waals surface area contributed by atoms with Crippen molar-refractivity contribution in [3.8, 4) is 5.69 Å². The maximum Gasteiger partial charge on any atom is 0.227 e. The molecule has 0 radical (unpaired) electrons. The highest BCUT2D eigenvalue weighted by Gasteiger charge is 2.11. The lowest BCUT2D eigenvalue weighted by Gasteiger charge is -2.10. The lowest BCUT2D eigenvalue weighted by atomic mass is 10.1. The molecule has 1 aromatic carbocycles. The van der Waals surface area contributed by atoms with Gasteiger partial charge in [-0.05, 0) is 51.0 Å². The van der Waals surface area contributed by atoms with Gasteiger partial charge < -0.3 is 5.32 Å². The molecule has 0 atom stereocenters. The molecule has 0 amide bonds. The van der Waals surface area contributed by atoms with Crippen LogP contribution < -0.4 is 5.32 Å². The first kappa shape index (κ1) is 14.3. The van der Waals surface area contributed by atoms with E-state index in [4.69, 9.17) is 0 Å². The van der Waals surface area contributed by atoms with Gasteiger partial charge in [0.1, 0.15) is 0 Å². The minimum absolute atomic E-state index is 0.587. The predicted octanol–water partition coefficient (Wildman–Crippen LogP) is 3.64. The lowest BCUT2D eigenvalue weighted by molar-refractivity contribution is 0.839. The van der Waals surface area contributed by atoms with Crippen LogP contribution in [0, 0.1) is 27.7 Å². The summed E-state index contributed by atoms with van der Waals surface area (Å²) in [7, 11) is 0. The van der Waals surface area contributed by atoms with Gasteiger partial charge in [-0.3, -0.25) is 0 Å². The van der Waals surface area contributed by atoms with Gasteiger partial charge in [0.25, 0.3) is 0 Å². The maximum atomic E-state index is 4.51. The van der Waals surface area contributed by atoms with Crippen LogP contribution in [-0.4, -0.2) is 19.7 Å². The van der Waals surface area contributed by atoms with Crippen LogP contribution >= 0.6 is 0 Å². The fourth-order valence-corrected chi connectivity index (χ4v) is 2.35. The summed E-state index contributed by atoms with van der Waals surface area (Å²) in [6, 6.07) is 8.24. The zero-order valence-electron chi connectivity index (χ0n) is 13.3. The summed E-state index contributed by atoms with van der Waals surface area (Å²) in [5.74, 6) is 0.587. The molecule has 2 heterocycles. The lowest BCUT2D eigenvalue weighted by Crippen LogP contribution is -2.03. The number of rotatable bonds is 3. The van der Waals surface area contributed by atoms with Gasteiger partial charge in [0.05, 0.1) is 23.3 Å².